The third-order valence-electron chi connectivity index (χ3n) is 2.72. The highest BCUT2D eigenvalue weighted by Gasteiger charge is 2.24. The number of carbonyl (C=O) groups excluding carboxylic acids is 1. The molecule has 1 aliphatic rings. The van der Waals surface area contributed by atoms with E-state index in [1.165, 1.54) is 6.42 Å². The van der Waals surface area contributed by atoms with Gasteiger partial charge in [0.15, 0.2) is 0 Å². The van der Waals surface area contributed by atoms with Crippen LogP contribution in [0.3, 0.4) is 0 Å². The standard InChI is InChI=1S/C12H20N2O/c1-5-12(3,4)13-11(15)14-8-6-7-10(2)9-14/h1,10H,6-9H2,2-4H3,(H,13,15). The lowest BCUT2D eigenvalue weighted by Gasteiger charge is -2.33. The fraction of sp³-hybridized carbons (Fsp3) is 0.750. The van der Waals surface area contributed by atoms with Gasteiger partial charge in [0, 0.05) is 13.1 Å². The van der Waals surface area contributed by atoms with Crippen molar-refractivity contribution >= 4 is 6.03 Å². The third-order valence-corrected chi connectivity index (χ3v) is 2.72. The summed E-state index contributed by atoms with van der Waals surface area (Å²) in [5.41, 5.74) is -0.558. The molecule has 0 aromatic heterocycles. The summed E-state index contributed by atoms with van der Waals surface area (Å²) in [4.78, 5) is 13.7. The van der Waals surface area contributed by atoms with Crippen molar-refractivity contribution in [3.8, 4) is 12.3 Å². The van der Waals surface area contributed by atoms with Crippen LogP contribution in [-0.4, -0.2) is 29.6 Å². The maximum Gasteiger partial charge on any atom is 0.318 e. The minimum atomic E-state index is -0.558. The molecule has 0 aromatic carbocycles. The molecule has 1 unspecified atom stereocenters. The normalized spacial score (nSPS) is 22.0. The van der Waals surface area contributed by atoms with E-state index in [2.05, 4.69) is 18.2 Å². The number of likely N-dealkylation sites (tertiary alicyclic amines) is 1. The second-order valence-electron chi connectivity index (χ2n) is 4.89. The number of amides is 2. The Morgan fingerprint density at radius 3 is 2.80 bits per heavy atom. The predicted molar refractivity (Wildman–Crippen MR) is 61.4 cm³/mol. The van der Waals surface area contributed by atoms with Crippen LogP contribution in [0.4, 0.5) is 4.79 Å². The average Bonchev–Trinajstić information content (AvgIpc) is 2.17. The summed E-state index contributed by atoms with van der Waals surface area (Å²) < 4.78 is 0. The van der Waals surface area contributed by atoms with Crippen LogP contribution in [0, 0.1) is 18.3 Å². The Morgan fingerprint density at radius 1 is 1.60 bits per heavy atom. The van der Waals surface area contributed by atoms with Gasteiger partial charge < -0.3 is 10.2 Å². The van der Waals surface area contributed by atoms with E-state index < -0.39 is 5.54 Å². The number of nitrogens with one attached hydrogen (secondary N) is 1. The van der Waals surface area contributed by atoms with Gasteiger partial charge in [-0.15, -0.1) is 6.42 Å². The zero-order valence-corrected chi connectivity index (χ0v) is 9.84. The molecule has 15 heavy (non-hydrogen) atoms. The lowest BCUT2D eigenvalue weighted by atomic mass is 10.0. The zero-order valence-electron chi connectivity index (χ0n) is 9.84. The molecule has 1 aliphatic heterocycles. The Kier molecular flexibility index (Phi) is 3.62. The Morgan fingerprint density at radius 2 is 2.27 bits per heavy atom. The van der Waals surface area contributed by atoms with E-state index in [1.54, 1.807) is 0 Å². The summed E-state index contributed by atoms with van der Waals surface area (Å²) >= 11 is 0. The number of rotatable bonds is 1. The Hall–Kier alpha value is -1.17. The number of hydrogen-bond donors (Lipinski definition) is 1. The quantitative estimate of drug-likeness (QED) is 0.655. The first kappa shape index (κ1) is 11.9. The minimum absolute atomic E-state index is 0.0375. The van der Waals surface area contributed by atoms with Crippen molar-refractivity contribution in [3.63, 3.8) is 0 Å². The third kappa shape index (κ3) is 3.47. The maximum absolute atomic E-state index is 11.8. The van der Waals surface area contributed by atoms with Gasteiger partial charge in [-0.1, -0.05) is 12.8 Å². The first-order valence-electron chi connectivity index (χ1n) is 5.49. The maximum atomic E-state index is 11.8. The summed E-state index contributed by atoms with van der Waals surface area (Å²) in [7, 11) is 0. The van der Waals surface area contributed by atoms with Gasteiger partial charge in [0.05, 0.1) is 5.54 Å². The van der Waals surface area contributed by atoms with Gasteiger partial charge in [0.25, 0.3) is 0 Å². The fourth-order valence-electron chi connectivity index (χ4n) is 1.76. The van der Waals surface area contributed by atoms with Crippen molar-refractivity contribution in [1.29, 1.82) is 0 Å². The second-order valence-corrected chi connectivity index (χ2v) is 4.89. The number of terminal acetylenes is 1. The summed E-state index contributed by atoms with van der Waals surface area (Å²) in [6.07, 6.45) is 7.63. The number of urea groups is 1. The van der Waals surface area contributed by atoms with Gasteiger partial charge in [0.1, 0.15) is 0 Å². The monoisotopic (exact) mass is 208 g/mol. The smallest absolute Gasteiger partial charge is 0.318 e. The predicted octanol–water partition coefficient (Wildman–Crippen LogP) is 1.84. The van der Waals surface area contributed by atoms with Gasteiger partial charge in [-0.3, -0.25) is 0 Å². The van der Waals surface area contributed by atoms with Crippen LogP contribution in [0.15, 0.2) is 0 Å². The van der Waals surface area contributed by atoms with E-state index in [-0.39, 0.29) is 6.03 Å². The Balaban J connectivity index is 2.50. The summed E-state index contributed by atoms with van der Waals surface area (Å²) in [6.45, 7) is 7.52. The molecule has 1 rings (SSSR count). The molecule has 0 saturated carbocycles. The Bertz CT molecular complexity index is 278. The minimum Gasteiger partial charge on any atom is -0.325 e. The number of carbonyl (C=O) groups is 1. The molecular weight excluding hydrogens is 188 g/mol. The summed E-state index contributed by atoms with van der Waals surface area (Å²) in [5, 5.41) is 2.85. The molecule has 0 spiro atoms. The summed E-state index contributed by atoms with van der Waals surface area (Å²) in [6, 6.07) is -0.0375. The van der Waals surface area contributed by atoms with Gasteiger partial charge in [-0.25, -0.2) is 4.79 Å². The van der Waals surface area contributed by atoms with Gasteiger partial charge >= 0.3 is 6.03 Å². The number of nitrogens with zero attached hydrogens (tertiary/aromatic N) is 1. The largest absolute Gasteiger partial charge is 0.325 e. The van der Waals surface area contributed by atoms with E-state index in [1.807, 2.05) is 18.7 Å². The topological polar surface area (TPSA) is 32.3 Å². The molecular formula is C12H20N2O. The molecule has 3 heteroatoms. The van der Waals surface area contributed by atoms with Crippen molar-refractivity contribution in [2.24, 2.45) is 5.92 Å². The molecule has 3 nitrogen and oxygen atoms in total. The molecule has 1 atom stereocenters. The van der Waals surface area contributed by atoms with Crippen LogP contribution in [0.25, 0.3) is 0 Å². The Labute approximate surface area is 92.2 Å². The zero-order chi connectivity index (χ0) is 11.5. The molecule has 0 aliphatic carbocycles. The molecule has 1 heterocycles. The molecule has 1 saturated heterocycles. The van der Waals surface area contributed by atoms with E-state index in [9.17, 15) is 4.79 Å². The van der Waals surface area contributed by atoms with Crippen LogP contribution < -0.4 is 5.32 Å². The van der Waals surface area contributed by atoms with Crippen molar-refractivity contribution in [2.45, 2.75) is 39.2 Å². The van der Waals surface area contributed by atoms with Crippen molar-refractivity contribution < 1.29 is 4.79 Å². The van der Waals surface area contributed by atoms with E-state index in [0.717, 1.165) is 19.5 Å². The second kappa shape index (κ2) is 4.57. The highest BCUT2D eigenvalue weighted by atomic mass is 16.2. The molecule has 84 valence electrons. The molecule has 0 bridgehead atoms. The van der Waals surface area contributed by atoms with Gasteiger partial charge in [-0.05, 0) is 32.6 Å². The van der Waals surface area contributed by atoms with E-state index in [0.29, 0.717) is 5.92 Å². The lowest BCUT2D eigenvalue weighted by molar-refractivity contribution is 0.165. The number of piperidine rings is 1. The molecule has 0 radical (unpaired) electrons. The van der Waals surface area contributed by atoms with Gasteiger partial charge in [-0.2, -0.15) is 0 Å². The molecule has 1 fully saturated rings. The fourth-order valence-corrected chi connectivity index (χ4v) is 1.76. The van der Waals surface area contributed by atoms with E-state index in [4.69, 9.17) is 6.42 Å². The van der Waals surface area contributed by atoms with Crippen LogP contribution >= 0.6 is 0 Å². The van der Waals surface area contributed by atoms with Crippen LogP contribution in [0.2, 0.25) is 0 Å². The average molecular weight is 208 g/mol. The molecule has 1 N–H and O–H groups in total. The van der Waals surface area contributed by atoms with Crippen molar-refractivity contribution in [1.82, 2.24) is 10.2 Å². The van der Waals surface area contributed by atoms with Crippen molar-refractivity contribution in [3.05, 3.63) is 0 Å². The van der Waals surface area contributed by atoms with Crippen LogP contribution in [0.1, 0.15) is 33.6 Å². The SMILES string of the molecule is C#CC(C)(C)NC(=O)N1CCCC(C)C1. The lowest BCUT2D eigenvalue weighted by Crippen LogP contribution is -2.51. The summed E-state index contributed by atoms with van der Waals surface area (Å²) in [5.74, 6) is 3.16. The van der Waals surface area contributed by atoms with Crippen LogP contribution in [0.5, 0.6) is 0 Å². The van der Waals surface area contributed by atoms with Crippen molar-refractivity contribution in [2.75, 3.05) is 13.1 Å². The molecule has 0 aromatic rings. The van der Waals surface area contributed by atoms with Gasteiger partial charge in [0.2, 0.25) is 0 Å². The first-order valence-corrected chi connectivity index (χ1v) is 5.49. The highest BCUT2D eigenvalue weighted by Crippen LogP contribution is 2.15. The number of hydrogen-bond acceptors (Lipinski definition) is 1. The molecule has 2 amide bonds. The van der Waals surface area contributed by atoms with E-state index >= 15 is 0 Å². The van der Waals surface area contributed by atoms with Crippen LogP contribution in [-0.2, 0) is 0 Å². The first-order chi connectivity index (χ1) is 6.94. The highest BCUT2D eigenvalue weighted by molar-refractivity contribution is 5.75.